The lowest BCUT2D eigenvalue weighted by atomic mass is 10.3. The summed E-state index contributed by atoms with van der Waals surface area (Å²) in [5.74, 6) is -0.0131. The van der Waals surface area contributed by atoms with Crippen LogP contribution in [0.5, 0.6) is 0 Å². The quantitative estimate of drug-likeness (QED) is 0.796. The van der Waals surface area contributed by atoms with Crippen LogP contribution in [0.3, 0.4) is 0 Å². The molecule has 4 nitrogen and oxygen atoms in total. The molecule has 0 bridgehead atoms. The van der Waals surface area contributed by atoms with Crippen molar-refractivity contribution in [2.75, 3.05) is 6.54 Å². The number of amides is 1. The van der Waals surface area contributed by atoms with Gasteiger partial charge in [-0.1, -0.05) is 11.6 Å². The van der Waals surface area contributed by atoms with E-state index in [1.165, 1.54) is 11.3 Å². The average molecular weight is 310 g/mol. The van der Waals surface area contributed by atoms with E-state index in [0.29, 0.717) is 13.1 Å². The second-order valence-electron chi connectivity index (χ2n) is 4.34. The van der Waals surface area contributed by atoms with E-state index in [4.69, 9.17) is 11.6 Å². The molecule has 0 radical (unpaired) electrons. The zero-order chi connectivity index (χ0) is 14.5. The molecule has 6 heteroatoms. The highest BCUT2D eigenvalue weighted by atomic mass is 35.5. The smallest absolute Gasteiger partial charge is 0.246 e. The molecular weight excluding hydrogens is 294 g/mol. The monoisotopic (exact) mass is 309 g/mol. The van der Waals surface area contributed by atoms with Crippen molar-refractivity contribution in [2.24, 2.45) is 7.05 Å². The van der Waals surface area contributed by atoms with E-state index in [0.717, 1.165) is 14.8 Å². The van der Waals surface area contributed by atoms with Gasteiger partial charge in [-0.15, -0.1) is 11.3 Å². The highest BCUT2D eigenvalue weighted by molar-refractivity contribution is 7.16. The van der Waals surface area contributed by atoms with Gasteiger partial charge in [-0.3, -0.25) is 9.48 Å². The minimum atomic E-state index is -0.0131. The minimum absolute atomic E-state index is 0.0131. The van der Waals surface area contributed by atoms with E-state index in [9.17, 15) is 4.79 Å². The predicted molar refractivity (Wildman–Crippen MR) is 82.7 cm³/mol. The van der Waals surface area contributed by atoms with Gasteiger partial charge < -0.3 is 4.90 Å². The molecule has 2 aromatic heterocycles. The standard InChI is InChI=1S/C14H16ClN3OS/c1-3-18(10-12-5-6-13(15)20-12)14(19)7-4-11-8-16-17(2)9-11/h4-9H,3,10H2,1-2H3. The van der Waals surface area contributed by atoms with Crippen LogP contribution >= 0.6 is 22.9 Å². The van der Waals surface area contributed by atoms with E-state index in [1.807, 2.05) is 32.3 Å². The van der Waals surface area contributed by atoms with Gasteiger partial charge in [0.1, 0.15) is 0 Å². The summed E-state index contributed by atoms with van der Waals surface area (Å²) < 4.78 is 2.45. The van der Waals surface area contributed by atoms with Crippen LogP contribution in [-0.2, 0) is 18.4 Å². The normalized spacial score (nSPS) is 11.2. The molecule has 1 amide bonds. The third kappa shape index (κ3) is 3.95. The molecule has 0 atom stereocenters. The molecular formula is C14H16ClN3OS. The topological polar surface area (TPSA) is 38.1 Å². The summed E-state index contributed by atoms with van der Waals surface area (Å²) in [4.78, 5) is 15.0. The number of nitrogens with zero attached hydrogens (tertiary/aromatic N) is 3. The number of rotatable bonds is 5. The highest BCUT2D eigenvalue weighted by Crippen LogP contribution is 2.22. The van der Waals surface area contributed by atoms with Crippen molar-refractivity contribution in [2.45, 2.75) is 13.5 Å². The summed E-state index contributed by atoms with van der Waals surface area (Å²) in [5, 5.41) is 4.06. The van der Waals surface area contributed by atoms with Gasteiger partial charge in [-0.2, -0.15) is 5.10 Å². The molecule has 106 valence electrons. The summed E-state index contributed by atoms with van der Waals surface area (Å²) in [6.45, 7) is 3.21. The van der Waals surface area contributed by atoms with Gasteiger partial charge >= 0.3 is 0 Å². The molecule has 2 rings (SSSR count). The number of aryl methyl sites for hydroxylation is 1. The zero-order valence-electron chi connectivity index (χ0n) is 11.4. The van der Waals surface area contributed by atoms with Crippen LogP contribution in [0, 0.1) is 0 Å². The molecule has 20 heavy (non-hydrogen) atoms. The summed E-state index contributed by atoms with van der Waals surface area (Å²) in [6.07, 6.45) is 6.94. The first-order valence-corrected chi connectivity index (χ1v) is 7.47. The van der Waals surface area contributed by atoms with Crippen molar-refractivity contribution in [1.29, 1.82) is 0 Å². The number of halogens is 1. The maximum Gasteiger partial charge on any atom is 0.246 e. The van der Waals surface area contributed by atoms with Gasteiger partial charge in [0.2, 0.25) is 5.91 Å². The predicted octanol–water partition coefficient (Wildman–Crippen LogP) is 3.20. The van der Waals surface area contributed by atoms with Gasteiger partial charge in [-0.25, -0.2) is 0 Å². The lowest BCUT2D eigenvalue weighted by Gasteiger charge is -2.17. The van der Waals surface area contributed by atoms with Crippen LogP contribution in [0.1, 0.15) is 17.4 Å². The fourth-order valence-electron chi connectivity index (χ4n) is 1.77. The van der Waals surface area contributed by atoms with Gasteiger partial charge in [0, 0.05) is 36.3 Å². The first kappa shape index (κ1) is 14.8. The molecule has 0 spiro atoms. The Morgan fingerprint density at radius 1 is 1.55 bits per heavy atom. The molecule has 0 aliphatic heterocycles. The number of thiophene rings is 1. The molecule has 0 unspecified atom stereocenters. The summed E-state index contributed by atoms with van der Waals surface area (Å²) in [5.41, 5.74) is 0.913. The van der Waals surface area contributed by atoms with Crippen molar-refractivity contribution in [3.8, 4) is 0 Å². The summed E-state index contributed by atoms with van der Waals surface area (Å²) in [7, 11) is 1.85. The summed E-state index contributed by atoms with van der Waals surface area (Å²) in [6, 6.07) is 3.80. The van der Waals surface area contributed by atoms with E-state index in [-0.39, 0.29) is 5.91 Å². The molecule has 2 aromatic rings. The van der Waals surface area contributed by atoms with Crippen molar-refractivity contribution in [1.82, 2.24) is 14.7 Å². The first-order valence-electron chi connectivity index (χ1n) is 6.28. The SMILES string of the molecule is CCN(Cc1ccc(Cl)s1)C(=O)C=Cc1cnn(C)c1. The third-order valence-corrected chi connectivity index (χ3v) is 4.03. The molecule has 0 aromatic carbocycles. The van der Waals surface area contributed by atoms with E-state index < -0.39 is 0 Å². The Labute approximate surface area is 127 Å². The number of hydrogen-bond donors (Lipinski definition) is 0. The van der Waals surface area contributed by atoms with Crippen molar-refractivity contribution in [3.63, 3.8) is 0 Å². The number of aromatic nitrogens is 2. The van der Waals surface area contributed by atoms with Crippen LogP contribution in [0.25, 0.3) is 6.08 Å². The van der Waals surface area contributed by atoms with Crippen molar-refractivity contribution < 1.29 is 4.79 Å². The number of carbonyl (C=O) groups excluding carboxylic acids is 1. The highest BCUT2D eigenvalue weighted by Gasteiger charge is 2.10. The molecule has 0 N–H and O–H groups in total. The average Bonchev–Trinajstić information content (AvgIpc) is 3.02. The van der Waals surface area contributed by atoms with Crippen LogP contribution in [-0.4, -0.2) is 27.1 Å². The molecule has 0 aliphatic carbocycles. The fraction of sp³-hybridized carbons (Fsp3) is 0.286. The summed E-state index contributed by atoms with van der Waals surface area (Å²) >= 11 is 7.40. The second kappa shape index (κ2) is 6.72. The van der Waals surface area contributed by atoms with E-state index >= 15 is 0 Å². The van der Waals surface area contributed by atoms with E-state index in [1.54, 1.807) is 27.9 Å². The third-order valence-electron chi connectivity index (χ3n) is 2.81. The fourth-order valence-corrected chi connectivity index (χ4v) is 2.87. The van der Waals surface area contributed by atoms with E-state index in [2.05, 4.69) is 5.10 Å². The lowest BCUT2D eigenvalue weighted by molar-refractivity contribution is -0.126. The largest absolute Gasteiger partial charge is 0.334 e. The van der Waals surface area contributed by atoms with Crippen LogP contribution in [0.2, 0.25) is 4.34 Å². The lowest BCUT2D eigenvalue weighted by Crippen LogP contribution is -2.28. The van der Waals surface area contributed by atoms with Gasteiger partial charge in [0.25, 0.3) is 0 Å². The molecule has 0 saturated carbocycles. The molecule has 2 heterocycles. The number of carbonyl (C=O) groups is 1. The Morgan fingerprint density at radius 3 is 2.90 bits per heavy atom. The van der Waals surface area contributed by atoms with Crippen LogP contribution in [0.15, 0.2) is 30.6 Å². The Balaban J connectivity index is 2.00. The Bertz CT molecular complexity index is 617. The molecule has 0 saturated heterocycles. The second-order valence-corrected chi connectivity index (χ2v) is 6.14. The van der Waals surface area contributed by atoms with Gasteiger partial charge in [-0.05, 0) is 25.1 Å². The van der Waals surface area contributed by atoms with Gasteiger partial charge in [0.15, 0.2) is 0 Å². The maximum atomic E-state index is 12.1. The van der Waals surface area contributed by atoms with Crippen LogP contribution in [0.4, 0.5) is 0 Å². The van der Waals surface area contributed by atoms with Crippen molar-refractivity contribution >= 4 is 34.9 Å². The Hall–Kier alpha value is -1.59. The molecule has 0 aliphatic rings. The number of hydrogen-bond acceptors (Lipinski definition) is 3. The number of likely N-dealkylation sites (N-methyl/N-ethyl adjacent to an activating group) is 1. The van der Waals surface area contributed by atoms with Crippen LogP contribution < -0.4 is 0 Å². The molecule has 0 fully saturated rings. The first-order chi connectivity index (χ1) is 9.58. The maximum absolute atomic E-state index is 12.1. The Kier molecular flexibility index (Phi) is 4.98. The van der Waals surface area contributed by atoms with Gasteiger partial charge in [0.05, 0.1) is 17.1 Å². The minimum Gasteiger partial charge on any atom is -0.334 e. The van der Waals surface area contributed by atoms with Crippen molar-refractivity contribution in [3.05, 3.63) is 45.4 Å². The zero-order valence-corrected chi connectivity index (χ0v) is 13.0. The Morgan fingerprint density at radius 2 is 2.35 bits per heavy atom.